The first-order valence-corrected chi connectivity index (χ1v) is 7.36. The molecule has 0 aliphatic rings. The third kappa shape index (κ3) is 4.86. The summed E-state index contributed by atoms with van der Waals surface area (Å²) >= 11 is 0. The summed E-state index contributed by atoms with van der Waals surface area (Å²) in [4.78, 5) is 13.7. The van der Waals surface area contributed by atoms with Gasteiger partial charge in [0, 0.05) is 12.1 Å². The molecule has 0 bridgehead atoms. The predicted molar refractivity (Wildman–Crippen MR) is 91.2 cm³/mol. The molecule has 0 fully saturated rings. The van der Waals surface area contributed by atoms with Gasteiger partial charge in [0.05, 0.1) is 6.21 Å². The van der Waals surface area contributed by atoms with Crippen LogP contribution < -0.4 is 10.7 Å². The molecule has 116 valence electrons. The zero-order valence-electron chi connectivity index (χ0n) is 13.0. The van der Waals surface area contributed by atoms with Crippen LogP contribution in [0.4, 0.5) is 4.79 Å². The molecule has 22 heavy (non-hydrogen) atoms. The Kier molecular flexibility index (Phi) is 5.91. The first-order chi connectivity index (χ1) is 10.7. The van der Waals surface area contributed by atoms with Crippen molar-refractivity contribution in [1.82, 2.24) is 15.6 Å². The molecule has 0 saturated carbocycles. The van der Waals surface area contributed by atoms with Crippen LogP contribution in [0.25, 0.3) is 10.8 Å². The highest BCUT2D eigenvalue weighted by atomic mass is 16.2. The molecule has 0 unspecified atom stereocenters. The quantitative estimate of drug-likeness (QED) is 0.489. The number of hydrogen-bond donors (Lipinski definition) is 2. The topological polar surface area (TPSA) is 56.7 Å². The number of hydrogen-bond acceptors (Lipinski definition) is 3. The van der Waals surface area contributed by atoms with Crippen LogP contribution in [0.3, 0.4) is 0 Å². The maximum absolute atomic E-state index is 11.6. The average Bonchev–Trinajstić information content (AvgIpc) is 2.52. The van der Waals surface area contributed by atoms with Gasteiger partial charge in [-0.1, -0.05) is 42.5 Å². The van der Waals surface area contributed by atoms with Crippen LogP contribution in [0.2, 0.25) is 0 Å². The van der Waals surface area contributed by atoms with Crippen molar-refractivity contribution in [3.63, 3.8) is 0 Å². The number of urea groups is 1. The molecular formula is C17H22N4O. The molecule has 0 heterocycles. The van der Waals surface area contributed by atoms with Gasteiger partial charge in [0.15, 0.2) is 0 Å². The lowest BCUT2D eigenvalue weighted by molar-refractivity contribution is 0.240. The van der Waals surface area contributed by atoms with Crippen molar-refractivity contribution in [3.8, 4) is 0 Å². The zero-order valence-corrected chi connectivity index (χ0v) is 13.0. The Labute approximate surface area is 131 Å². The van der Waals surface area contributed by atoms with Gasteiger partial charge in [0.1, 0.15) is 0 Å². The first-order valence-electron chi connectivity index (χ1n) is 7.36. The van der Waals surface area contributed by atoms with Gasteiger partial charge in [0.2, 0.25) is 0 Å². The van der Waals surface area contributed by atoms with Gasteiger partial charge in [-0.3, -0.25) is 0 Å². The van der Waals surface area contributed by atoms with Gasteiger partial charge in [-0.25, -0.2) is 10.2 Å². The van der Waals surface area contributed by atoms with Gasteiger partial charge < -0.3 is 10.2 Å². The van der Waals surface area contributed by atoms with Crippen LogP contribution in [0, 0.1) is 0 Å². The van der Waals surface area contributed by atoms with Crippen LogP contribution in [-0.2, 0) is 0 Å². The fourth-order valence-corrected chi connectivity index (χ4v) is 2.16. The van der Waals surface area contributed by atoms with E-state index in [2.05, 4.69) is 32.9 Å². The maximum Gasteiger partial charge on any atom is 0.335 e. The summed E-state index contributed by atoms with van der Waals surface area (Å²) in [5.74, 6) is 0. The van der Waals surface area contributed by atoms with E-state index in [1.807, 2.05) is 44.4 Å². The van der Waals surface area contributed by atoms with E-state index in [0.29, 0.717) is 6.54 Å². The number of amides is 2. The smallest absolute Gasteiger partial charge is 0.335 e. The molecule has 0 radical (unpaired) electrons. The minimum absolute atomic E-state index is 0.282. The second-order valence-electron chi connectivity index (χ2n) is 5.35. The molecule has 0 saturated heterocycles. The number of fused-ring (bicyclic) bond motifs is 1. The van der Waals surface area contributed by atoms with Gasteiger partial charge >= 0.3 is 6.03 Å². The summed E-state index contributed by atoms with van der Waals surface area (Å²) in [6.07, 6.45) is 2.58. The number of nitrogens with zero attached hydrogens (tertiary/aromatic N) is 2. The first kappa shape index (κ1) is 16.0. The molecule has 5 nitrogen and oxygen atoms in total. The normalized spacial score (nSPS) is 11.2. The van der Waals surface area contributed by atoms with Crippen molar-refractivity contribution in [3.05, 3.63) is 48.0 Å². The number of carbonyl (C=O) groups is 1. The molecule has 0 aromatic heterocycles. The molecule has 0 atom stereocenters. The molecule has 2 aromatic rings. The Morgan fingerprint density at radius 1 is 1.18 bits per heavy atom. The van der Waals surface area contributed by atoms with E-state index in [0.717, 1.165) is 29.3 Å². The third-order valence-corrected chi connectivity index (χ3v) is 3.26. The highest BCUT2D eigenvalue weighted by molar-refractivity contribution is 5.99. The molecule has 2 amide bonds. The fourth-order valence-electron chi connectivity index (χ4n) is 2.16. The van der Waals surface area contributed by atoms with Gasteiger partial charge in [-0.15, -0.1) is 0 Å². The number of nitrogens with one attached hydrogen (secondary N) is 2. The lowest BCUT2D eigenvalue weighted by Crippen LogP contribution is -2.34. The van der Waals surface area contributed by atoms with E-state index < -0.39 is 0 Å². The second-order valence-corrected chi connectivity index (χ2v) is 5.35. The molecule has 0 aliphatic heterocycles. The standard InChI is InChI=1S/C17H22N4O/c1-21(2)12-6-11-18-17(22)20-19-13-15-9-5-8-14-7-3-4-10-16(14)15/h3-5,7-10,13H,6,11-12H2,1-2H3,(H2,18,20,22)/b19-13-. The van der Waals surface area contributed by atoms with Crippen molar-refractivity contribution < 1.29 is 4.79 Å². The van der Waals surface area contributed by atoms with E-state index >= 15 is 0 Å². The van der Waals surface area contributed by atoms with Gasteiger partial charge in [0.25, 0.3) is 0 Å². The zero-order chi connectivity index (χ0) is 15.8. The summed E-state index contributed by atoms with van der Waals surface area (Å²) in [7, 11) is 4.02. The maximum atomic E-state index is 11.6. The van der Waals surface area contributed by atoms with Crippen molar-refractivity contribution in [2.45, 2.75) is 6.42 Å². The van der Waals surface area contributed by atoms with Crippen molar-refractivity contribution >= 4 is 23.0 Å². The van der Waals surface area contributed by atoms with Crippen LogP contribution in [0.5, 0.6) is 0 Å². The van der Waals surface area contributed by atoms with E-state index in [4.69, 9.17) is 0 Å². The van der Waals surface area contributed by atoms with E-state index in [1.54, 1.807) is 6.21 Å². The molecule has 0 aliphatic carbocycles. The lowest BCUT2D eigenvalue weighted by atomic mass is 10.1. The summed E-state index contributed by atoms with van der Waals surface area (Å²) in [5, 5.41) is 9.04. The largest absolute Gasteiger partial charge is 0.337 e. The number of carbonyl (C=O) groups excluding carboxylic acids is 1. The predicted octanol–water partition coefficient (Wildman–Crippen LogP) is 2.42. The van der Waals surface area contributed by atoms with Crippen molar-refractivity contribution in [2.75, 3.05) is 27.2 Å². The molecule has 2 N–H and O–H groups in total. The Balaban J connectivity index is 1.85. The summed E-state index contributed by atoms with van der Waals surface area (Å²) < 4.78 is 0. The van der Waals surface area contributed by atoms with Crippen LogP contribution in [0.15, 0.2) is 47.6 Å². The highest BCUT2D eigenvalue weighted by Crippen LogP contribution is 2.16. The monoisotopic (exact) mass is 298 g/mol. The Morgan fingerprint density at radius 2 is 1.95 bits per heavy atom. The minimum atomic E-state index is -0.282. The van der Waals surface area contributed by atoms with Crippen molar-refractivity contribution in [1.29, 1.82) is 0 Å². The second kappa shape index (κ2) is 8.14. The molecule has 2 rings (SSSR count). The van der Waals surface area contributed by atoms with Crippen molar-refractivity contribution in [2.24, 2.45) is 5.10 Å². The number of rotatable bonds is 6. The van der Waals surface area contributed by atoms with Crippen LogP contribution in [-0.4, -0.2) is 44.3 Å². The van der Waals surface area contributed by atoms with E-state index in [1.165, 1.54) is 0 Å². The van der Waals surface area contributed by atoms with E-state index in [9.17, 15) is 4.79 Å². The Morgan fingerprint density at radius 3 is 2.77 bits per heavy atom. The number of hydrazone groups is 1. The highest BCUT2D eigenvalue weighted by Gasteiger charge is 1.99. The fraction of sp³-hybridized carbons (Fsp3) is 0.294. The average molecular weight is 298 g/mol. The molecular weight excluding hydrogens is 276 g/mol. The minimum Gasteiger partial charge on any atom is -0.337 e. The Hall–Kier alpha value is -2.40. The SMILES string of the molecule is CN(C)CCCNC(=O)N/N=C\c1cccc2ccccc12. The summed E-state index contributed by atoms with van der Waals surface area (Å²) in [5.41, 5.74) is 3.47. The summed E-state index contributed by atoms with van der Waals surface area (Å²) in [6.45, 7) is 1.58. The lowest BCUT2D eigenvalue weighted by Gasteiger charge is -2.09. The Bertz CT molecular complexity index is 647. The van der Waals surface area contributed by atoms with Gasteiger partial charge in [-0.2, -0.15) is 5.10 Å². The molecule has 5 heteroatoms. The van der Waals surface area contributed by atoms with E-state index in [-0.39, 0.29) is 6.03 Å². The van der Waals surface area contributed by atoms with Crippen LogP contribution in [0.1, 0.15) is 12.0 Å². The molecule has 0 spiro atoms. The third-order valence-electron chi connectivity index (χ3n) is 3.26. The van der Waals surface area contributed by atoms with Gasteiger partial charge in [-0.05, 0) is 37.8 Å². The molecule has 2 aromatic carbocycles. The van der Waals surface area contributed by atoms with Crippen LogP contribution >= 0.6 is 0 Å². The number of benzene rings is 2. The summed E-state index contributed by atoms with van der Waals surface area (Å²) in [6, 6.07) is 13.8.